The van der Waals surface area contributed by atoms with E-state index in [0.717, 1.165) is 18.4 Å². The summed E-state index contributed by atoms with van der Waals surface area (Å²) >= 11 is 6.03. The minimum Gasteiger partial charge on any atom is -0.392 e. The molecule has 4 rings (SSSR count). The minimum absolute atomic E-state index is 0.117. The normalized spacial score (nSPS) is 14.2. The average molecular weight is 442 g/mol. The van der Waals surface area contributed by atoms with Crippen LogP contribution in [0.25, 0.3) is 11.4 Å². The van der Waals surface area contributed by atoms with Crippen LogP contribution >= 0.6 is 11.6 Å². The average Bonchev–Trinajstić information content (AvgIpc) is 3.59. The quantitative estimate of drug-likeness (QED) is 0.511. The highest BCUT2D eigenvalue weighted by Crippen LogP contribution is 2.43. The molecule has 1 aromatic carbocycles. The summed E-state index contributed by atoms with van der Waals surface area (Å²) in [6.45, 7) is 1.70. The largest absolute Gasteiger partial charge is 0.392 e. The van der Waals surface area contributed by atoms with Crippen molar-refractivity contribution in [3.05, 3.63) is 64.8 Å². The van der Waals surface area contributed by atoms with Crippen LogP contribution in [0.2, 0.25) is 5.02 Å². The highest BCUT2D eigenvalue weighted by molar-refractivity contribution is 6.30. The van der Waals surface area contributed by atoms with Gasteiger partial charge in [-0.05, 0) is 49.9 Å². The van der Waals surface area contributed by atoms with Crippen LogP contribution in [0.5, 0.6) is 0 Å². The second-order valence-electron chi connectivity index (χ2n) is 7.50. The van der Waals surface area contributed by atoms with Gasteiger partial charge >= 0.3 is 0 Å². The number of amides is 1. The molecule has 0 radical (unpaired) electrons. The molecule has 31 heavy (non-hydrogen) atoms. The summed E-state index contributed by atoms with van der Waals surface area (Å²) in [5, 5.41) is 15.7. The van der Waals surface area contributed by atoms with Gasteiger partial charge in [-0.2, -0.15) is 0 Å². The van der Waals surface area contributed by atoms with Crippen molar-refractivity contribution >= 4 is 29.0 Å². The molecule has 1 saturated carbocycles. The molecule has 0 spiro atoms. The van der Waals surface area contributed by atoms with E-state index in [2.05, 4.69) is 25.6 Å². The summed E-state index contributed by atoms with van der Waals surface area (Å²) in [5.41, 5.74) is 1.90. The molecule has 1 aliphatic carbocycles. The first-order chi connectivity index (χ1) is 14.9. The van der Waals surface area contributed by atoms with Gasteiger partial charge in [-0.15, -0.1) is 0 Å². The molecule has 3 N–H and O–H groups in total. The molecular formula is C22H21ClFN5O2. The molecule has 160 valence electrons. The molecule has 2 heterocycles. The zero-order chi connectivity index (χ0) is 22.0. The standard InChI is InChI=1S/C22H21ClFN5O2/c1-12(30)9-27-22(31)17-10-25-7-6-19(17)28-21-16(13-2-3-13)11-26-20(29-21)15-8-14(23)4-5-18(15)24/h4-8,10-13,30H,2-3,9H2,1H3,(H,27,31)(H,25,26,28,29)/t12-/m1/s1. The van der Waals surface area contributed by atoms with Crippen molar-refractivity contribution in [2.75, 3.05) is 11.9 Å². The molecule has 2 aromatic heterocycles. The van der Waals surface area contributed by atoms with Crippen LogP contribution in [-0.2, 0) is 0 Å². The molecule has 0 bridgehead atoms. The molecule has 0 unspecified atom stereocenters. The predicted molar refractivity (Wildman–Crippen MR) is 116 cm³/mol. The van der Waals surface area contributed by atoms with Crippen LogP contribution in [-0.4, -0.2) is 38.6 Å². The first-order valence-corrected chi connectivity index (χ1v) is 10.3. The number of rotatable bonds is 7. The van der Waals surface area contributed by atoms with Gasteiger partial charge in [0.05, 0.1) is 22.9 Å². The van der Waals surface area contributed by atoms with Crippen LogP contribution in [0.3, 0.4) is 0 Å². The maximum atomic E-state index is 14.4. The lowest BCUT2D eigenvalue weighted by atomic mass is 10.1. The van der Waals surface area contributed by atoms with Gasteiger partial charge in [0.15, 0.2) is 5.82 Å². The fraction of sp³-hybridized carbons (Fsp3) is 0.273. The first kappa shape index (κ1) is 21.1. The molecule has 9 heteroatoms. The number of anilines is 2. The van der Waals surface area contributed by atoms with Gasteiger partial charge in [0.1, 0.15) is 11.6 Å². The van der Waals surface area contributed by atoms with Crippen molar-refractivity contribution in [1.29, 1.82) is 0 Å². The highest BCUT2D eigenvalue weighted by Gasteiger charge is 2.28. The van der Waals surface area contributed by atoms with E-state index in [1.807, 2.05) is 0 Å². The van der Waals surface area contributed by atoms with Crippen molar-refractivity contribution < 1.29 is 14.3 Å². The van der Waals surface area contributed by atoms with Gasteiger partial charge in [0.25, 0.3) is 5.91 Å². The van der Waals surface area contributed by atoms with Gasteiger partial charge in [-0.25, -0.2) is 14.4 Å². The van der Waals surface area contributed by atoms with Crippen molar-refractivity contribution in [2.24, 2.45) is 0 Å². The predicted octanol–water partition coefficient (Wildman–Crippen LogP) is 4.06. The van der Waals surface area contributed by atoms with E-state index in [1.54, 1.807) is 25.4 Å². The molecule has 1 atom stereocenters. The Morgan fingerprint density at radius 3 is 2.87 bits per heavy atom. The summed E-state index contributed by atoms with van der Waals surface area (Å²) in [6, 6.07) is 5.88. The number of hydrogen-bond donors (Lipinski definition) is 3. The molecule has 1 fully saturated rings. The molecule has 0 aliphatic heterocycles. The number of carbonyl (C=O) groups excluding carboxylic acids is 1. The van der Waals surface area contributed by atoms with Gasteiger partial charge in [-0.1, -0.05) is 11.6 Å². The lowest BCUT2D eigenvalue weighted by Crippen LogP contribution is -2.31. The lowest BCUT2D eigenvalue weighted by molar-refractivity contribution is 0.0924. The number of pyridine rings is 1. The Balaban J connectivity index is 1.70. The number of aliphatic hydroxyl groups is 1. The SMILES string of the molecule is C[C@@H](O)CNC(=O)c1cnccc1Nc1nc(-c2cc(Cl)ccc2F)ncc1C1CC1. The molecule has 1 aliphatic rings. The van der Waals surface area contributed by atoms with Crippen LogP contribution in [0.4, 0.5) is 15.9 Å². The van der Waals surface area contributed by atoms with E-state index in [9.17, 15) is 14.3 Å². The van der Waals surface area contributed by atoms with Crippen LogP contribution in [0.15, 0.2) is 42.9 Å². The Hall–Kier alpha value is -3.10. The van der Waals surface area contributed by atoms with E-state index < -0.39 is 11.9 Å². The Kier molecular flexibility index (Phi) is 6.11. The number of aromatic nitrogens is 3. The van der Waals surface area contributed by atoms with Gasteiger partial charge in [0, 0.05) is 35.7 Å². The smallest absolute Gasteiger partial charge is 0.255 e. The second kappa shape index (κ2) is 8.95. The number of aliphatic hydroxyl groups excluding tert-OH is 1. The third kappa shape index (κ3) is 4.98. The summed E-state index contributed by atoms with van der Waals surface area (Å²) in [7, 11) is 0. The fourth-order valence-corrected chi connectivity index (χ4v) is 3.30. The number of nitrogens with one attached hydrogen (secondary N) is 2. The van der Waals surface area contributed by atoms with E-state index >= 15 is 0 Å². The number of carbonyl (C=O) groups is 1. The topological polar surface area (TPSA) is 100 Å². The van der Waals surface area contributed by atoms with E-state index in [0.29, 0.717) is 28.0 Å². The molecule has 1 amide bonds. The van der Waals surface area contributed by atoms with Crippen LogP contribution in [0, 0.1) is 5.82 Å². The number of hydrogen-bond acceptors (Lipinski definition) is 6. The zero-order valence-corrected chi connectivity index (χ0v) is 17.5. The summed E-state index contributed by atoms with van der Waals surface area (Å²) in [4.78, 5) is 25.5. The number of nitrogens with zero attached hydrogens (tertiary/aromatic N) is 3. The van der Waals surface area contributed by atoms with E-state index in [1.165, 1.54) is 24.4 Å². The fourth-order valence-electron chi connectivity index (χ4n) is 3.13. The Morgan fingerprint density at radius 1 is 1.32 bits per heavy atom. The number of halogens is 2. The third-order valence-electron chi connectivity index (χ3n) is 4.88. The summed E-state index contributed by atoms with van der Waals surface area (Å²) < 4.78 is 14.4. The lowest BCUT2D eigenvalue weighted by Gasteiger charge is -2.15. The monoisotopic (exact) mass is 441 g/mol. The van der Waals surface area contributed by atoms with Crippen molar-refractivity contribution in [3.63, 3.8) is 0 Å². The highest BCUT2D eigenvalue weighted by atomic mass is 35.5. The maximum absolute atomic E-state index is 14.4. The van der Waals surface area contributed by atoms with Crippen molar-refractivity contribution in [1.82, 2.24) is 20.3 Å². The van der Waals surface area contributed by atoms with Crippen LogP contribution < -0.4 is 10.6 Å². The molecule has 0 saturated heterocycles. The third-order valence-corrected chi connectivity index (χ3v) is 5.12. The zero-order valence-electron chi connectivity index (χ0n) is 16.8. The molecule has 7 nitrogen and oxygen atoms in total. The summed E-state index contributed by atoms with van der Waals surface area (Å²) in [5.74, 6) is 0.162. The molecular weight excluding hydrogens is 421 g/mol. The van der Waals surface area contributed by atoms with Crippen LogP contribution in [0.1, 0.15) is 41.6 Å². The van der Waals surface area contributed by atoms with Gasteiger partial charge in [0.2, 0.25) is 0 Å². The summed E-state index contributed by atoms with van der Waals surface area (Å²) in [6.07, 6.45) is 6.05. The Bertz CT molecular complexity index is 1120. The molecule has 3 aromatic rings. The Labute approximate surface area is 183 Å². The van der Waals surface area contributed by atoms with Gasteiger partial charge in [-0.3, -0.25) is 9.78 Å². The Morgan fingerprint density at radius 2 is 2.13 bits per heavy atom. The van der Waals surface area contributed by atoms with Crippen molar-refractivity contribution in [2.45, 2.75) is 31.8 Å². The minimum atomic E-state index is -0.671. The van der Waals surface area contributed by atoms with E-state index in [-0.39, 0.29) is 23.8 Å². The number of benzene rings is 1. The second-order valence-corrected chi connectivity index (χ2v) is 7.94. The van der Waals surface area contributed by atoms with Gasteiger partial charge < -0.3 is 15.7 Å². The van der Waals surface area contributed by atoms with Crippen molar-refractivity contribution in [3.8, 4) is 11.4 Å². The maximum Gasteiger partial charge on any atom is 0.255 e. The first-order valence-electron chi connectivity index (χ1n) is 9.92. The van der Waals surface area contributed by atoms with E-state index in [4.69, 9.17) is 11.6 Å².